The molecule has 0 unspecified atom stereocenters. The maximum atomic E-state index is 12.3. The van der Waals surface area contributed by atoms with Crippen LogP contribution < -0.4 is 10.6 Å². The predicted octanol–water partition coefficient (Wildman–Crippen LogP) is 3.20. The Morgan fingerprint density at radius 3 is 2.87 bits per heavy atom. The molecular weight excluding hydrogens is 290 g/mol. The van der Waals surface area contributed by atoms with Gasteiger partial charge in [-0.3, -0.25) is 4.79 Å². The minimum atomic E-state index is -0.369. The Morgan fingerprint density at radius 1 is 1.26 bits per heavy atom. The number of anilines is 2. The van der Waals surface area contributed by atoms with Crippen molar-refractivity contribution in [2.45, 2.75) is 26.2 Å². The second kappa shape index (κ2) is 8.49. The quantitative estimate of drug-likeness (QED) is 0.766. The van der Waals surface area contributed by atoms with Crippen molar-refractivity contribution in [1.82, 2.24) is 9.97 Å². The minimum absolute atomic E-state index is 0.255. The fourth-order valence-corrected chi connectivity index (χ4v) is 2.05. The van der Waals surface area contributed by atoms with Crippen molar-refractivity contribution in [3.05, 3.63) is 47.9 Å². The maximum Gasteiger partial charge on any atom is 0.274 e. The molecule has 0 saturated heterocycles. The number of carbonyl (C=O) groups excluding carboxylic acids is 1. The van der Waals surface area contributed by atoms with Crippen molar-refractivity contribution in [2.24, 2.45) is 0 Å². The number of nitrogens with zero attached hydrogens (tertiary/aromatic N) is 3. The van der Waals surface area contributed by atoms with Gasteiger partial charge in [0, 0.05) is 12.6 Å². The first-order valence-electron chi connectivity index (χ1n) is 7.61. The van der Waals surface area contributed by atoms with E-state index < -0.39 is 0 Å². The summed E-state index contributed by atoms with van der Waals surface area (Å²) in [6.45, 7) is 2.95. The van der Waals surface area contributed by atoms with Gasteiger partial charge < -0.3 is 10.6 Å². The van der Waals surface area contributed by atoms with Crippen molar-refractivity contribution < 1.29 is 4.79 Å². The molecule has 0 aliphatic carbocycles. The van der Waals surface area contributed by atoms with Gasteiger partial charge >= 0.3 is 0 Å². The number of nitriles is 1. The zero-order valence-corrected chi connectivity index (χ0v) is 13.0. The summed E-state index contributed by atoms with van der Waals surface area (Å²) >= 11 is 0. The number of para-hydroxylation sites is 1. The third-order valence-electron chi connectivity index (χ3n) is 3.28. The largest absolute Gasteiger partial charge is 0.370 e. The van der Waals surface area contributed by atoms with Gasteiger partial charge in [0.1, 0.15) is 23.9 Å². The fraction of sp³-hybridized carbons (Fsp3) is 0.294. The lowest BCUT2D eigenvalue weighted by molar-refractivity contribution is 0.102. The molecule has 0 radical (unpaired) electrons. The third-order valence-corrected chi connectivity index (χ3v) is 3.28. The summed E-state index contributed by atoms with van der Waals surface area (Å²) in [7, 11) is 0. The molecule has 1 heterocycles. The molecule has 6 nitrogen and oxygen atoms in total. The molecular formula is C17H19N5O. The van der Waals surface area contributed by atoms with Gasteiger partial charge in [0.25, 0.3) is 5.91 Å². The molecule has 1 aromatic carbocycles. The van der Waals surface area contributed by atoms with Gasteiger partial charge in [0.05, 0.1) is 11.3 Å². The molecule has 0 atom stereocenters. The number of unbranched alkanes of at least 4 members (excludes halogenated alkanes) is 2. The number of aromatic nitrogens is 2. The number of rotatable bonds is 7. The Balaban J connectivity index is 2.03. The number of hydrogen-bond donors (Lipinski definition) is 2. The molecule has 2 N–H and O–H groups in total. The Labute approximate surface area is 135 Å². The smallest absolute Gasteiger partial charge is 0.274 e. The molecule has 0 saturated carbocycles. The Bertz CT molecular complexity index is 708. The molecule has 0 fully saturated rings. The number of amides is 1. The van der Waals surface area contributed by atoms with Gasteiger partial charge in [-0.2, -0.15) is 5.26 Å². The molecule has 2 aromatic rings. The lowest BCUT2D eigenvalue weighted by atomic mass is 10.2. The van der Waals surface area contributed by atoms with E-state index >= 15 is 0 Å². The van der Waals surface area contributed by atoms with E-state index in [1.54, 1.807) is 30.3 Å². The minimum Gasteiger partial charge on any atom is -0.370 e. The first-order chi connectivity index (χ1) is 11.2. The van der Waals surface area contributed by atoms with Crippen molar-refractivity contribution >= 4 is 17.4 Å². The van der Waals surface area contributed by atoms with Gasteiger partial charge in [0.2, 0.25) is 0 Å². The highest BCUT2D eigenvalue weighted by atomic mass is 16.1. The first kappa shape index (κ1) is 16.4. The van der Waals surface area contributed by atoms with E-state index in [1.807, 2.05) is 6.07 Å². The molecule has 0 bridgehead atoms. The average Bonchev–Trinajstić information content (AvgIpc) is 2.59. The zero-order valence-electron chi connectivity index (χ0n) is 13.0. The summed E-state index contributed by atoms with van der Waals surface area (Å²) in [6.07, 6.45) is 4.71. The van der Waals surface area contributed by atoms with Crippen LogP contribution in [0, 0.1) is 11.3 Å². The van der Waals surface area contributed by atoms with Crippen LogP contribution in [0.1, 0.15) is 42.2 Å². The summed E-state index contributed by atoms with van der Waals surface area (Å²) < 4.78 is 0. The van der Waals surface area contributed by atoms with Crippen LogP contribution in [0.15, 0.2) is 36.7 Å². The predicted molar refractivity (Wildman–Crippen MR) is 89.2 cm³/mol. The molecule has 118 valence electrons. The molecule has 23 heavy (non-hydrogen) atoms. The molecule has 6 heteroatoms. The van der Waals surface area contributed by atoms with Gasteiger partial charge in [-0.15, -0.1) is 0 Å². The number of carbonyl (C=O) groups is 1. The van der Waals surface area contributed by atoms with E-state index in [1.165, 1.54) is 6.33 Å². The first-order valence-corrected chi connectivity index (χ1v) is 7.61. The highest BCUT2D eigenvalue weighted by Crippen LogP contribution is 2.15. The van der Waals surface area contributed by atoms with E-state index in [4.69, 9.17) is 5.26 Å². The summed E-state index contributed by atoms with van der Waals surface area (Å²) in [5.74, 6) is 0.251. The summed E-state index contributed by atoms with van der Waals surface area (Å²) in [4.78, 5) is 20.4. The monoisotopic (exact) mass is 309 g/mol. The molecule has 1 aromatic heterocycles. The van der Waals surface area contributed by atoms with Crippen LogP contribution in [0.25, 0.3) is 0 Å². The van der Waals surface area contributed by atoms with E-state index in [-0.39, 0.29) is 11.6 Å². The second-order valence-corrected chi connectivity index (χ2v) is 5.03. The van der Waals surface area contributed by atoms with E-state index in [9.17, 15) is 4.79 Å². The number of benzene rings is 1. The lowest BCUT2D eigenvalue weighted by Gasteiger charge is -2.08. The van der Waals surface area contributed by atoms with Crippen molar-refractivity contribution in [2.75, 3.05) is 17.2 Å². The Kier molecular flexibility index (Phi) is 6.07. The number of nitrogens with one attached hydrogen (secondary N) is 2. The SMILES string of the molecule is CCCCCNc1cc(C(=O)Nc2ccccc2C#N)ncn1. The van der Waals surface area contributed by atoms with Crippen LogP contribution in [0.3, 0.4) is 0 Å². The topological polar surface area (TPSA) is 90.7 Å². The van der Waals surface area contributed by atoms with Crippen LogP contribution in [0.2, 0.25) is 0 Å². The highest BCUT2D eigenvalue weighted by Gasteiger charge is 2.11. The van der Waals surface area contributed by atoms with Crippen LogP contribution in [-0.2, 0) is 0 Å². The normalized spacial score (nSPS) is 9.91. The maximum absolute atomic E-state index is 12.3. The highest BCUT2D eigenvalue weighted by molar-refractivity contribution is 6.03. The van der Waals surface area contributed by atoms with Crippen molar-refractivity contribution in [3.8, 4) is 6.07 Å². The van der Waals surface area contributed by atoms with Crippen LogP contribution in [0.4, 0.5) is 11.5 Å². The molecule has 0 aliphatic rings. The van der Waals surface area contributed by atoms with E-state index in [0.29, 0.717) is 17.1 Å². The Hall–Kier alpha value is -2.94. The van der Waals surface area contributed by atoms with Gasteiger partial charge in [0.15, 0.2) is 0 Å². The Morgan fingerprint density at radius 2 is 2.09 bits per heavy atom. The molecule has 1 amide bonds. The van der Waals surface area contributed by atoms with E-state index in [2.05, 4.69) is 27.5 Å². The molecule has 2 rings (SSSR count). The van der Waals surface area contributed by atoms with Crippen LogP contribution in [-0.4, -0.2) is 22.4 Å². The third kappa shape index (κ3) is 4.78. The van der Waals surface area contributed by atoms with Crippen LogP contribution >= 0.6 is 0 Å². The van der Waals surface area contributed by atoms with Gasteiger partial charge in [-0.25, -0.2) is 9.97 Å². The summed E-state index contributed by atoms with van der Waals surface area (Å²) in [5.41, 5.74) is 1.13. The van der Waals surface area contributed by atoms with Crippen molar-refractivity contribution in [3.63, 3.8) is 0 Å². The molecule has 0 aliphatic heterocycles. The average molecular weight is 309 g/mol. The van der Waals surface area contributed by atoms with Gasteiger partial charge in [-0.1, -0.05) is 31.9 Å². The number of hydrogen-bond acceptors (Lipinski definition) is 5. The summed E-state index contributed by atoms with van der Waals surface area (Å²) in [6, 6.07) is 10.5. The lowest BCUT2D eigenvalue weighted by Crippen LogP contribution is -2.15. The van der Waals surface area contributed by atoms with E-state index in [0.717, 1.165) is 25.8 Å². The summed E-state index contributed by atoms with van der Waals surface area (Å²) in [5, 5.41) is 14.9. The second-order valence-electron chi connectivity index (χ2n) is 5.03. The fourth-order valence-electron chi connectivity index (χ4n) is 2.05. The van der Waals surface area contributed by atoms with Crippen LogP contribution in [0.5, 0.6) is 0 Å². The van der Waals surface area contributed by atoms with Crippen molar-refractivity contribution in [1.29, 1.82) is 5.26 Å². The van der Waals surface area contributed by atoms with Gasteiger partial charge in [-0.05, 0) is 18.6 Å². The standard InChI is InChI=1S/C17H19N5O/c1-2-3-6-9-19-16-10-15(20-12-21-16)17(23)22-14-8-5-4-7-13(14)11-18/h4-5,7-8,10,12H,2-3,6,9H2,1H3,(H,22,23)(H,19,20,21). The zero-order chi connectivity index (χ0) is 16.5. The molecule has 0 spiro atoms.